The molecule has 0 saturated carbocycles. The number of nitrogens with two attached hydrogens (primary N) is 1. The van der Waals surface area contributed by atoms with Gasteiger partial charge in [0.2, 0.25) is 0 Å². The van der Waals surface area contributed by atoms with E-state index in [1.54, 1.807) is 12.0 Å². The van der Waals surface area contributed by atoms with Gasteiger partial charge < -0.3 is 20.3 Å². The highest BCUT2D eigenvalue weighted by Crippen LogP contribution is 2.30. The minimum Gasteiger partial charge on any atom is -0.497 e. The van der Waals surface area contributed by atoms with Crippen molar-refractivity contribution in [2.24, 2.45) is 5.73 Å². The van der Waals surface area contributed by atoms with Crippen LogP contribution in [0.2, 0.25) is 0 Å². The quantitative estimate of drug-likeness (QED) is 0.894. The molecule has 1 aromatic carbocycles. The predicted octanol–water partition coefficient (Wildman–Crippen LogP) is 1.45. The van der Waals surface area contributed by atoms with Gasteiger partial charge in [-0.2, -0.15) is 0 Å². The molecular formula is C14H21N3O2. The number of amides is 2. The average molecular weight is 263 g/mol. The molecule has 1 aliphatic rings. The van der Waals surface area contributed by atoms with Crippen molar-refractivity contribution in [3.05, 3.63) is 29.8 Å². The monoisotopic (exact) mass is 263 g/mol. The third-order valence-electron chi connectivity index (χ3n) is 3.76. The molecule has 0 radical (unpaired) electrons. The summed E-state index contributed by atoms with van der Waals surface area (Å²) in [6, 6.07) is 8.03. The number of likely N-dealkylation sites (N-methyl/N-ethyl adjacent to an activating group) is 1. The lowest BCUT2D eigenvalue weighted by Gasteiger charge is -2.21. The Kier molecular flexibility index (Phi) is 3.95. The molecule has 1 saturated heterocycles. The largest absolute Gasteiger partial charge is 0.497 e. The van der Waals surface area contributed by atoms with Crippen molar-refractivity contribution in [3.63, 3.8) is 0 Å². The number of carbonyl (C=O) groups excluding carboxylic acids is 1. The van der Waals surface area contributed by atoms with Gasteiger partial charge in [-0.1, -0.05) is 12.1 Å². The Balaban J connectivity index is 2.18. The Hall–Kier alpha value is -1.75. The third-order valence-corrected chi connectivity index (χ3v) is 3.76. The number of ether oxygens (including phenoxy) is 1. The van der Waals surface area contributed by atoms with Crippen molar-refractivity contribution in [3.8, 4) is 5.75 Å². The Morgan fingerprint density at radius 1 is 1.42 bits per heavy atom. The van der Waals surface area contributed by atoms with E-state index in [0.717, 1.165) is 11.3 Å². The fraction of sp³-hybridized carbons (Fsp3) is 0.500. The predicted molar refractivity (Wildman–Crippen MR) is 74.1 cm³/mol. The minimum atomic E-state index is 0.0405. The topological polar surface area (TPSA) is 58.8 Å². The van der Waals surface area contributed by atoms with Crippen molar-refractivity contribution < 1.29 is 9.53 Å². The number of urea groups is 1. The second-order valence-electron chi connectivity index (χ2n) is 4.92. The molecule has 2 rings (SSSR count). The lowest BCUT2D eigenvalue weighted by atomic mass is 10.1. The molecule has 0 aliphatic carbocycles. The van der Waals surface area contributed by atoms with E-state index >= 15 is 0 Å². The van der Waals surface area contributed by atoms with Gasteiger partial charge in [0.05, 0.1) is 13.2 Å². The molecule has 2 N–H and O–H groups in total. The molecule has 0 bridgehead atoms. The third kappa shape index (κ3) is 2.51. The first kappa shape index (κ1) is 13.7. The first-order valence-corrected chi connectivity index (χ1v) is 6.46. The summed E-state index contributed by atoms with van der Waals surface area (Å²) in [5, 5.41) is 0. The van der Waals surface area contributed by atoms with Gasteiger partial charge in [-0.05, 0) is 24.6 Å². The van der Waals surface area contributed by atoms with Crippen LogP contribution in [-0.4, -0.2) is 49.1 Å². The highest BCUT2D eigenvalue weighted by molar-refractivity contribution is 5.77. The van der Waals surface area contributed by atoms with Crippen molar-refractivity contribution >= 4 is 6.03 Å². The maximum absolute atomic E-state index is 12.2. The average Bonchev–Trinajstić information content (AvgIpc) is 2.75. The molecule has 1 aliphatic heterocycles. The smallest absolute Gasteiger partial charge is 0.320 e. The van der Waals surface area contributed by atoms with Gasteiger partial charge in [-0.3, -0.25) is 0 Å². The van der Waals surface area contributed by atoms with Crippen LogP contribution in [0.25, 0.3) is 0 Å². The van der Waals surface area contributed by atoms with Gasteiger partial charge >= 0.3 is 6.03 Å². The van der Waals surface area contributed by atoms with E-state index in [4.69, 9.17) is 10.5 Å². The lowest BCUT2D eigenvalue weighted by molar-refractivity contribution is 0.185. The molecule has 5 nitrogen and oxygen atoms in total. The van der Waals surface area contributed by atoms with Gasteiger partial charge in [0.1, 0.15) is 5.75 Å². The molecule has 1 aromatic rings. The first-order chi connectivity index (χ1) is 9.08. The second kappa shape index (κ2) is 5.48. The van der Waals surface area contributed by atoms with Gasteiger partial charge in [-0.15, -0.1) is 0 Å². The van der Waals surface area contributed by atoms with Crippen LogP contribution in [0.1, 0.15) is 18.5 Å². The number of nitrogens with zero attached hydrogens (tertiary/aromatic N) is 2. The van der Waals surface area contributed by atoms with Crippen LogP contribution in [0.15, 0.2) is 24.3 Å². The number of hydrogen-bond acceptors (Lipinski definition) is 3. The Bertz CT molecular complexity index is 447. The van der Waals surface area contributed by atoms with Gasteiger partial charge in [0, 0.05) is 26.2 Å². The molecule has 19 heavy (non-hydrogen) atoms. The summed E-state index contributed by atoms with van der Waals surface area (Å²) < 4.78 is 5.15. The van der Waals surface area contributed by atoms with Crippen LogP contribution in [0.4, 0.5) is 4.79 Å². The fourth-order valence-corrected chi connectivity index (χ4v) is 2.37. The normalized spacial score (nSPS) is 20.8. The lowest BCUT2D eigenvalue weighted by Crippen LogP contribution is -2.40. The zero-order chi connectivity index (χ0) is 14.0. The van der Waals surface area contributed by atoms with Crippen LogP contribution in [0.3, 0.4) is 0 Å². The zero-order valence-corrected chi connectivity index (χ0v) is 11.7. The Morgan fingerprint density at radius 2 is 2.05 bits per heavy atom. The summed E-state index contributed by atoms with van der Waals surface area (Å²) in [6.07, 6.45) is 0. The van der Waals surface area contributed by atoms with E-state index in [-0.39, 0.29) is 18.1 Å². The van der Waals surface area contributed by atoms with Gasteiger partial charge in [-0.25, -0.2) is 4.79 Å². The molecular weight excluding hydrogens is 242 g/mol. The molecule has 1 heterocycles. The van der Waals surface area contributed by atoms with Crippen LogP contribution in [0.5, 0.6) is 5.75 Å². The maximum atomic E-state index is 12.2. The van der Waals surface area contributed by atoms with Crippen LogP contribution in [-0.2, 0) is 0 Å². The van der Waals surface area contributed by atoms with E-state index in [1.807, 2.05) is 43.1 Å². The number of carbonyl (C=O) groups is 1. The van der Waals surface area contributed by atoms with Crippen LogP contribution in [0, 0.1) is 0 Å². The summed E-state index contributed by atoms with van der Waals surface area (Å²) in [7, 11) is 3.48. The minimum absolute atomic E-state index is 0.0405. The van der Waals surface area contributed by atoms with Crippen LogP contribution < -0.4 is 10.5 Å². The molecule has 2 unspecified atom stereocenters. The summed E-state index contributed by atoms with van der Waals surface area (Å²) in [5.74, 6) is 0.822. The van der Waals surface area contributed by atoms with Gasteiger partial charge in [0.15, 0.2) is 0 Å². The van der Waals surface area contributed by atoms with E-state index in [0.29, 0.717) is 13.1 Å². The number of rotatable bonds is 4. The molecule has 2 atom stereocenters. The Morgan fingerprint density at radius 3 is 2.58 bits per heavy atom. The molecule has 0 aromatic heterocycles. The van der Waals surface area contributed by atoms with Crippen molar-refractivity contribution in [2.75, 3.05) is 27.2 Å². The number of methoxy groups -OCH3 is 1. The summed E-state index contributed by atoms with van der Waals surface area (Å²) in [4.78, 5) is 15.8. The second-order valence-corrected chi connectivity index (χ2v) is 4.92. The standard InChI is InChI=1S/C14H21N3O2/c1-10(8-15)17-9-13(16(2)14(17)18)11-4-6-12(19-3)7-5-11/h4-7,10,13H,8-9,15H2,1-3H3. The SMILES string of the molecule is COc1ccc(C2CN(C(C)CN)C(=O)N2C)cc1. The zero-order valence-electron chi connectivity index (χ0n) is 11.7. The highest BCUT2D eigenvalue weighted by Gasteiger charge is 2.37. The summed E-state index contributed by atoms with van der Waals surface area (Å²) in [6.45, 7) is 3.14. The Labute approximate surface area is 113 Å². The number of hydrogen-bond donors (Lipinski definition) is 1. The molecule has 1 fully saturated rings. The fourth-order valence-electron chi connectivity index (χ4n) is 2.37. The van der Waals surface area contributed by atoms with E-state index in [9.17, 15) is 4.79 Å². The molecule has 0 spiro atoms. The van der Waals surface area contributed by atoms with Crippen molar-refractivity contribution in [2.45, 2.75) is 19.0 Å². The van der Waals surface area contributed by atoms with Crippen molar-refractivity contribution in [1.29, 1.82) is 0 Å². The van der Waals surface area contributed by atoms with Crippen molar-refractivity contribution in [1.82, 2.24) is 9.80 Å². The molecule has 104 valence electrons. The maximum Gasteiger partial charge on any atom is 0.320 e. The highest BCUT2D eigenvalue weighted by atomic mass is 16.5. The number of benzene rings is 1. The molecule has 2 amide bonds. The molecule has 5 heteroatoms. The first-order valence-electron chi connectivity index (χ1n) is 6.46. The summed E-state index contributed by atoms with van der Waals surface area (Å²) >= 11 is 0. The van der Waals surface area contributed by atoms with E-state index in [1.165, 1.54) is 0 Å². The summed E-state index contributed by atoms with van der Waals surface area (Å²) in [5.41, 5.74) is 6.77. The van der Waals surface area contributed by atoms with Gasteiger partial charge in [0.25, 0.3) is 0 Å². The van der Waals surface area contributed by atoms with E-state index < -0.39 is 0 Å². The van der Waals surface area contributed by atoms with E-state index in [2.05, 4.69) is 0 Å². The van der Waals surface area contributed by atoms with Crippen LogP contribution >= 0.6 is 0 Å².